The number of para-hydroxylation sites is 2. The molecule has 0 bridgehead atoms. The maximum Gasteiger partial charge on any atom is 0.337 e. The average molecular weight is 407 g/mol. The Kier molecular flexibility index (Phi) is 7.12. The molecule has 0 saturated heterocycles. The van der Waals surface area contributed by atoms with Gasteiger partial charge in [-0.2, -0.15) is 0 Å². The Labute approximate surface area is 178 Å². The molecule has 1 aliphatic heterocycles. The van der Waals surface area contributed by atoms with Gasteiger partial charge in [0, 0.05) is 30.9 Å². The zero-order chi connectivity index (χ0) is 21.5. The predicted molar refractivity (Wildman–Crippen MR) is 122 cm³/mol. The summed E-state index contributed by atoms with van der Waals surface area (Å²) in [5.74, 6) is 0.0573. The summed E-state index contributed by atoms with van der Waals surface area (Å²) >= 11 is 0. The number of hydrogen-bond acceptors (Lipinski definition) is 3. The van der Waals surface area contributed by atoms with E-state index in [-0.39, 0.29) is 18.2 Å². The van der Waals surface area contributed by atoms with E-state index in [0.717, 1.165) is 41.9 Å². The van der Waals surface area contributed by atoms with Crippen molar-refractivity contribution in [3.63, 3.8) is 0 Å². The summed E-state index contributed by atoms with van der Waals surface area (Å²) in [6.07, 6.45) is 3.21. The van der Waals surface area contributed by atoms with Crippen molar-refractivity contribution in [2.24, 2.45) is 0 Å². The zero-order valence-corrected chi connectivity index (χ0v) is 17.9. The topological polar surface area (TPSA) is 73.5 Å². The first-order valence-corrected chi connectivity index (χ1v) is 10.4. The molecular formula is C24H30N4O2. The van der Waals surface area contributed by atoms with Crippen LogP contribution in [0.5, 0.6) is 0 Å². The molecule has 0 fully saturated rings. The molecule has 0 saturated carbocycles. The van der Waals surface area contributed by atoms with Crippen molar-refractivity contribution in [3.05, 3.63) is 71.3 Å². The normalized spacial score (nSPS) is 13.6. The van der Waals surface area contributed by atoms with E-state index in [4.69, 9.17) is 0 Å². The SMILES string of the molecule is Cc1cccc(C(C)C)c1NC(=O)NNC(=O)CC1=CCN(c2ccccc2)CC1. The highest BCUT2D eigenvalue weighted by molar-refractivity contribution is 5.92. The summed E-state index contributed by atoms with van der Waals surface area (Å²) in [5.41, 5.74) is 10.1. The summed E-state index contributed by atoms with van der Waals surface area (Å²) in [6.45, 7) is 7.77. The molecule has 6 heteroatoms. The summed E-state index contributed by atoms with van der Waals surface area (Å²) in [4.78, 5) is 26.8. The standard InChI is InChI=1S/C24H30N4O2/c1-17(2)21-11-7-8-18(3)23(21)25-24(30)27-26-22(29)16-19-12-14-28(15-13-19)20-9-5-4-6-10-20/h4-12,17H,13-16H2,1-3H3,(H,26,29)(H2,25,27,30). The van der Waals surface area contributed by atoms with Crippen LogP contribution < -0.4 is 21.1 Å². The van der Waals surface area contributed by atoms with Gasteiger partial charge in [0.15, 0.2) is 0 Å². The molecule has 0 aliphatic carbocycles. The van der Waals surface area contributed by atoms with E-state index >= 15 is 0 Å². The van der Waals surface area contributed by atoms with Gasteiger partial charge in [0.1, 0.15) is 0 Å². The minimum absolute atomic E-state index is 0.224. The van der Waals surface area contributed by atoms with Crippen molar-refractivity contribution in [1.29, 1.82) is 0 Å². The first-order chi connectivity index (χ1) is 14.4. The fourth-order valence-corrected chi connectivity index (χ4v) is 3.61. The van der Waals surface area contributed by atoms with E-state index in [1.165, 1.54) is 5.69 Å². The lowest BCUT2D eigenvalue weighted by Gasteiger charge is -2.28. The number of hydrogen-bond donors (Lipinski definition) is 3. The fraction of sp³-hybridized carbons (Fsp3) is 0.333. The molecule has 158 valence electrons. The minimum Gasteiger partial charge on any atom is -0.367 e. The third-order valence-corrected chi connectivity index (χ3v) is 5.29. The number of hydrazine groups is 1. The quantitative estimate of drug-likeness (QED) is 0.506. The Balaban J connectivity index is 1.47. The van der Waals surface area contributed by atoms with E-state index in [2.05, 4.69) is 53.1 Å². The summed E-state index contributed by atoms with van der Waals surface area (Å²) in [7, 11) is 0. The monoisotopic (exact) mass is 406 g/mol. The molecule has 0 radical (unpaired) electrons. The highest BCUT2D eigenvalue weighted by Gasteiger charge is 2.16. The zero-order valence-electron chi connectivity index (χ0n) is 17.9. The second-order valence-corrected chi connectivity index (χ2v) is 7.89. The third-order valence-electron chi connectivity index (χ3n) is 5.29. The van der Waals surface area contributed by atoms with Crippen LogP contribution in [-0.4, -0.2) is 25.0 Å². The lowest BCUT2D eigenvalue weighted by atomic mass is 9.98. The Hall–Kier alpha value is -3.28. The van der Waals surface area contributed by atoms with Gasteiger partial charge in [0.05, 0.1) is 0 Å². The van der Waals surface area contributed by atoms with Crippen LogP contribution in [-0.2, 0) is 4.79 Å². The van der Waals surface area contributed by atoms with Gasteiger partial charge in [-0.05, 0) is 42.5 Å². The van der Waals surface area contributed by atoms with Crippen LogP contribution in [0, 0.1) is 6.92 Å². The number of nitrogens with zero attached hydrogens (tertiary/aromatic N) is 1. The number of rotatable bonds is 5. The largest absolute Gasteiger partial charge is 0.367 e. The highest BCUT2D eigenvalue weighted by atomic mass is 16.2. The predicted octanol–water partition coefficient (Wildman–Crippen LogP) is 4.50. The van der Waals surface area contributed by atoms with Crippen LogP contribution in [0.25, 0.3) is 0 Å². The highest BCUT2D eigenvalue weighted by Crippen LogP contribution is 2.27. The van der Waals surface area contributed by atoms with Crippen molar-refractivity contribution in [2.75, 3.05) is 23.3 Å². The van der Waals surface area contributed by atoms with E-state index in [1.807, 2.05) is 43.3 Å². The van der Waals surface area contributed by atoms with Crippen molar-refractivity contribution < 1.29 is 9.59 Å². The van der Waals surface area contributed by atoms with E-state index in [0.29, 0.717) is 0 Å². The van der Waals surface area contributed by atoms with Gasteiger partial charge in [-0.15, -0.1) is 0 Å². The molecule has 30 heavy (non-hydrogen) atoms. The van der Waals surface area contributed by atoms with E-state index < -0.39 is 6.03 Å². The van der Waals surface area contributed by atoms with Crippen LogP contribution >= 0.6 is 0 Å². The maximum atomic E-state index is 12.3. The first-order valence-electron chi connectivity index (χ1n) is 10.4. The van der Waals surface area contributed by atoms with Gasteiger partial charge in [0.2, 0.25) is 5.91 Å². The van der Waals surface area contributed by atoms with Crippen LogP contribution in [0.15, 0.2) is 60.2 Å². The molecule has 3 amide bonds. The molecule has 0 atom stereocenters. The molecule has 0 spiro atoms. The smallest absolute Gasteiger partial charge is 0.337 e. The summed E-state index contributed by atoms with van der Waals surface area (Å²) in [5, 5.41) is 2.86. The van der Waals surface area contributed by atoms with Crippen LogP contribution in [0.2, 0.25) is 0 Å². The number of nitrogens with one attached hydrogen (secondary N) is 3. The molecule has 0 aromatic heterocycles. The first kappa shape index (κ1) is 21.4. The van der Waals surface area contributed by atoms with Crippen LogP contribution in [0.1, 0.15) is 43.7 Å². The lowest BCUT2D eigenvalue weighted by Crippen LogP contribution is -2.44. The van der Waals surface area contributed by atoms with Crippen LogP contribution in [0.3, 0.4) is 0 Å². The second kappa shape index (κ2) is 9.96. The fourth-order valence-electron chi connectivity index (χ4n) is 3.61. The van der Waals surface area contributed by atoms with Gasteiger partial charge in [-0.25, -0.2) is 10.2 Å². The number of carbonyl (C=O) groups excluding carboxylic acids is 2. The van der Waals surface area contributed by atoms with E-state index in [9.17, 15) is 9.59 Å². The molecule has 1 heterocycles. The van der Waals surface area contributed by atoms with Gasteiger partial charge >= 0.3 is 6.03 Å². The van der Waals surface area contributed by atoms with Crippen molar-refractivity contribution in [3.8, 4) is 0 Å². The van der Waals surface area contributed by atoms with E-state index in [1.54, 1.807) is 0 Å². The number of carbonyl (C=O) groups is 2. The number of anilines is 2. The van der Waals surface area contributed by atoms with Gasteiger partial charge < -0.3 is 10.2 Å². The number of benzene rings is 2. The number of urea groups is 1. The second-order valence-electron chi connectivity index (χ2n) is 7.89. The number of aryl methyl sites for hydroxylation is 1. The van der Waals surface area contributed by atoms with Gasteiger partial charge in [0.25, 0.3) is 0 Å². The molecule has 2 aromatic rings. The van der Waals surface area contributed by atoms with Crippen LogP contribution in [0.4, 0.5) is 16.2 Å². The Morgan fingerprint density at radius 1 is 1.03 bits per heavy atom. The molecule has 0 unspecified atom stereocenters. The molecule has 3 N–H and O–H groups in total. The van der Waals surface area contributed by atoms with Crippen molar-refractivity contribution in [2.45, 2.75) is 39.5 Å². The Morgan fingerprint density at radius 3 is 2.47 bits per heavy atom. The minimum atomic E-state index is -0.451. The summed E-state index contributed by atoms with van der Waals surface area (Å²) in [6, 6.07) is 15.7. The third kappa shape index (κ3) is 5.63. The van der Waals surface area contributed by atoms with Crippen molar-refractivity contribution >= 4 is 23.3 Å². The molecule has 3 rings (SSSR count). The molecule has 2 aromatic carbocycles. The Bertz CT molecular complexity index is 922. The van der Waals surface area contributed by atoms with Gasteiger partial charge in [-0.1, -0.05) is 61.9 Å². The average Bonchev–Trinajstić information content (AvgIpc) is 2.75. The maximum absolute atomic E-state index is 12.3. The molecule has 1 aliphatic rings. The Morgan fingerprint density at radius 2 is 1.80 bits per heavy atom. The summed E-state index contributed by atoms with van der Waals surface area (Å²) < 4.78 is 0. The molecular weight excluding hydrogens is 376 g/mol. The lowest BCUT2D eigenvalue weighted by molar-refractivity contribution is -0.121. The van der Waals surface area contributed by atoms with Crippen molar-refractivity contribution in [1.82, 2.24) is 10.9 Å². The number of amides is 3. The van der Waals surface area contributed by atoms with Gasteiger partial charge in [-0.3, -0.25) is 10.2 Å². The molecule has 6 nitrogen and oxygen atoms in total.